The van der Waals surface area contributed by atoms with Crippen LogP contribution in [0.4, 0.5) is 5.95 Å². The van der Waals surface area contributed by atoms with Crippen molar-refractivity contribution < 1.29 is 9.47 Å². The van der Waals surface area contributed by atoms with Gasteiger partial charge in [0.1, 0.15) is 6.61 Å². The number of nitrogen functional groups attached to an aromatic ring is 1. The van der Waals surface area contributed by atoms with E-state index in [1.807, 2.05) is 18.2 Å². The average Bonchev–Trinajstić information content (AvgIpc) is 2.49. The third-order valence-electron chi connectivity index (χ3n) is 3.39. The van der Waals surface area contributed by atoms with Gasteiger partial charge in [-0.05, 0) is 18.2 Å². The molecule has 0 aliphatic carbocycles. The lowest BCUT2D eigenvalue weighted by Crippen LogP contribution is -2.38. The van der Waals surface area contributed by atoms with E-state index in [0.717, 1.165) is 48.2 Å². The predicted molar refractivity (Wildman–Crippen MR) is 84.4 cm³/mol. The molecule has 1 fully saturated rings. The lowest BCUT2D eigenvalue weighted by Gasteiger charge is -2.26. The van der Waals surface area contributed by atoms with E-state index >= 15 is 0 Å². The first-order valence-corrected chi connectivity index (χ1v) is 7.67. The number of morpholine rings is 1. The van der Waals surface area contributed by atoms with Gasteiger partial charge in [0.15, 0.2) is 0 Å². The molecule has 21 heavy (non-hydrogen) atoms. The van der Waals surface area contributed by atoms with Crippen LogP contribution in [-0.4, -0.2) is 54.3 Å². The Kier molecular flexibility index (Phi) is 4.52. The van der Waals surface area contributed by atoms with E-state index in [4.69, 9.17) is 15.2 Å². The topological polar surface area (TPSA) is 73.5 Å². The molecule has 3 rings (SSSR count). The standard InChI is InChI=1S/C14H17BrN4O2/c15-10-1-2-12-11(9-10)13(18-14(16)17-12)21-8-5-19-3-6-20-7-4-19/h1-2,9H,3-8H2,(H2,16,17,18). The third-order valence-corrected chi connectivity index (χ3v) is 3.88. The first kappa shape index (κ1) is 14.5. The van der Waals surface area contributed by atoms with Crippen molar-refractivity contribution in [1.82, 2.24) is 14.9 Å². The fraction of sp³-hybridized carbons (Fsp3) is 0.429. The van der Waals surface area contributed by atoms with Crippen molar-refractivity contribution in [3.05, 3.63) is 22.7 Å². The zero-order chi connectivity index (χ0) is 14.7. The summed E-state index contributed by atoms with van der Waals surface area (Å²) in [6, 6.07) is 5.76. The van der Waals surface area contributed by atoms with Crippen LogP contribution < -0.4 is 10.5 Å². The molecule has 2 aromatic rings. The smallest absolute Gasteiger partial charge is 0.226 e. The second kappa shape index (κ2) is 6.55. The summed E-state index contributed by atoms with van der Waals surface area (Å²) < 4.78 is 12.1. The van der Waals surface area contributed by atoms with E-state index in [-0.39, 0.29) is 5.95 Å². The average molecular weight is 353 g/mol. The summed E-state index contributed by atoms with van der Waals surface area (Å²) in [6.45, 7) is 4.89. The molecule has 0 saturated carbocycles. The Balaban J connectivity index is 1.71. The van der Waals surface area contributed by atoms with Crippen molar-refractivity contribution in [2.24, 2.45) is 0 Å². The van der Waals surface area contributed by atoms with Crippen LogP contribution in [0.5, 0.6) is 5.88 Å². The van der Waals surface area contributed by atoms with Crippen LogP contribution in [0, 0.1) is 0 Å². The van der Waals surface area contributed by atoms with E-state index in [1.165, 1.54) is 0 Å². The molecule has 0 radical (unpaired) electrons. The minimum Gasteiger partial charge on any atom is -0.476 e. The zero-order valence-corrected chi connectivity index (χ0v) is 13.2. The summed E-state index contributed by atoms with van der Waals surface area (Å²) in [6.07, 6.45) is 0. The van der Waals surface area contributed by atoms with E-state index in [9.17, 15) is 0 Å². The van der Waals surface area contributed by atoms with Gasteiger partial charge < -0.3 is 15.2 Å². The monoisotopic (exact) mass is 352 g/mol. The molecule has 0 bridgehead atoms. The number of fused-ring (bicyclic) bond motifs is 1. The molecule has 0 spiro atoms. The van der Waals surface area contributed by atoms with Crippen LogP contribution in [0.15, 0.2) is 22.7 Å². The van der Waals surface area contributed by atoms with Gasteiger partial charge in [-0.15, -0.1) is 0 Å². The number of nitrogens with two attached hydrogens (primary N) is 1. The van der Waals surface area contributed by atoms with Gasteiger partial charge >= 0.3 is 0 Å². The number of benzene rings is 1. The summed E-state index contributed by atoms with van der Waals surface area (Å²) in [4.78, 5) is 10.7. The third kappa shape index (κ3) is 3.61. The highest BCUT2D eigenvalue weighted by Crippen LogP contribution is 2.26. The Labute approximate surface area is 131 Å². The number of hydrogen-bond donors (Lipinski definition) is 1. The molecule has 1 aliphatic heterocycles. The van der Waals surface area contributed by atoms with Crippen LogP contribution in [0.2, 0.25) is 0 Å². The highest BCUT2D eigenvalue weighted by molar-refractivity contribution is 9.10. The van der Waals surface area contributed by atoms with Crippen molar-refractivity contribution in [3.8, 4) is 5.88 Å². The zero-order valence-electron chi connectivity index (χ0n) is 11.6. The number of nitrogens with zero attached hydrogens (tertiary/aromatic N) is 3. The van der Waals surface area contributed by atoms with Gasteiger partial charge in [-0.2, -0.15) is 4.98 Å². The molecule has 7 heteroatoms. The highest BCUT2D eigenvalue weighted by Gasteiger charge is 2.12. The van der Waals surface area contributed by atoms with E-state index < -0.39 is 0 Å². The summed E-state index contributed by atoms with van der Waals surface area (Å²) in [5, 5.41) is 0.862. The molecule has 112 valence electrons. The van der Waals surface area contributed by atoms with Gasteiger partial charge in [-0.1, -0.05) is 15.9 Å². The van der Waals surface area contributed by atoms with Crippen LogP contribution >= 0.6 is 15.9 Å². The Hall–Kier alpha value is -1.44. The maximum Gasteiger partial charge on any atom is 0.226 e. The first-order chi connectivity index (χ1) is 10.2. The van der Waals surface area contributed by atoms with Gasteiger partial charge in [0.2, 0.25) is 11.8 Å². The van der Waals surface area contributed by atoms with Gasteiger partial charge in [0.05, 0.1) is 24.1 Å². The van der Waals surface area contributed by atoms with Crippen molar-refractivity contribution in [2.75, 3.05) is 45.2 Å². The lowest BCUT2D eigenvalue weighted by atomic mass is 10.2. The van der Waals surface area contributed by atoms with E-state index in [1.54, 1.807) is 0 Å². The van der Waals surface area contributed by atoms with E-state index in [2.05, 4.69) is 30.8 Å². The number of ether oxygens (including phenoxy) is 2. The Morgan fingerprint density at radius 3 is 2.90 bits per heavy atom. The van der Waals surface area contributed by atoms with Gasteiger partial charge in [-0.3, -0.25) is 4.90 Å². The number of halogens is 1. The minimum absolute atomic E-state index is 0.228. The van der Waals surface area contributed by atoms with Gasteiger partial charge in [0.25, 0.3) is 0 Å². The molecular formula is C14H17BrN4O2. The van der Waals surface area contributed by atoms with Crippen LogP contribution in [-0.2, 0) is 4.74 Å². The molecule has 1 aliphatic rings. The summed E-state index contributed by atoms with van der Waals surface area (Å²) in [5.74, 6) is 0.762. The summed E-state index contributed by atoms with van der Waals surface area (Å²) >= 11 is 3.45. The van der Waals surface area contributed by atoms with Gasteiger partial charge in [-0.25, -0.2) is 4.98 Å². The summed E-state index contributed by atoms with van der Waals surface area (Å²) in [7, 11) is 0. The van der Waals surface area contributed by atoms with Crippen molar-refractivity contribution in [3.63, 3.8) is 0 Å². The summed E-state index contributed by atoms with van der Waals surface area (Å²) in [5.41, 5.74) is 6.52. The maximum atomic E-state index is 5.82. The second-order valence-corrected chi connectivity index (χ2v) is 5.77. The molecular weight excluding hydrogens is 336 g/mol. The Morgan fingerprint density at radius 2 is 2.10 bits per heavy atom. The predicted octanol–water partition coefficient (Wildman–Crippen LogP) is 1.69. The van der Waals surface area contributed by atoms with Crippen molar-refractivity contribution in [2.45, 2.75) is 0 Å². The molecule has 2 N–H and O–H groups in total. The second-order valence-electron chi connectivity index (χ2n) is 4.85. The van der Waals surface area contributed by atoms with Crippen LogP contribution in [0.3, 0.4) is 0 Å². The normalized spacial score (nSPS) is 16.2. The fourth-order valence-corrected chi connectivity index (χ4v) is 2.66. The van der Waals surface area contributed by atoms with Gasteiger partial charge in [0, 0.05) is 24.1 Å². The number of hydrogen-bond acceptors (Lipinski definition) is 6. The van der Waals surface area contributed by atoms with Crippen molar-refractivity contribution in [1.29, 1.82) is 0 Å². The molecule has 1 saturated heterocycles. The van der Waals surface area contributed by atoms with E-state index in [0.29, 0.717) is 12.5 Å². The van der Waals surface area contributed by atoms with Crippen LogP contribution in [0.1, 0.15) is 0 Å². The number of rotatable bonds is 4. The number of aromatic nitrogens is 2. The SMILES string of the molecule is Nc1nc(OCCN2CCOCC2)c2cc(Br)ccc2n1. The minimum atomic E-state index is 0.228. The fourth-order valence-electron chi connectivity index (χ4n) is 2.30. The van der Waals surface area contributed by atoms with Crippen molar-refractivity contribution >= 4 is 32.8 Å². The molecule has 6 nitrogen and oxygen atoms in total. The number of anilines is 1. The molecule has 0 amide bonds. The molecule has 2 heterocycles. The molecule has 1 aromatic heterocycles. The highest BCUT2D eigenvalue weighted by atomic mass is 79.9. The largest absolute Gasteiger partial charge is 0.476 e. The molecule has 0 unspecified atom stereocenters. The Morgan fingerprint density at radius 1 is 1.29 bits per heavy atom. The first-order valence-electron chi connectivity index (χ1n) is 6.88. The Bertz CT molecular complexity index is 632. The van der Waals surface area contributed by atoms with Crippen LogP contribution in [0.25, 0.3) is 10.9 Å². The quantitative estimate of drug-likeness (QED) is 0.902. The molecule has 1 aromatic carbocycles. The maximum absolute atomic E-state index is 5.82. The molecule has 0 atom stereocenters. The lowest BCUT2D eigenvalue weighted by molar-refractivity contribution is 0.0321.